The number of rotatable bonds is 4. The summed E-state index contributed by atoms with van der Waals surface area (Å²) in [7, 11) is 0. The summed E-state index contributed by atoms with van der Waals surface area (Å²) >= 11 is 0. The Kier molecular flexibility index (Phi) is 3.65. The first kappa shape index (κ1) is 12.6. The topological polar surface area (TPSA) is 42.7 Å². The first-order chi connectivity index (χ1) is 8.53. The summed E-state index contributed by atoms with van der Waals surface area (Å²) in [6.07, 6.45) is 3.28. The maximum atomic E-state index is 4.09. The van der Waals surface area contributed by atoms with E-state index in [-0.39, 0.29) is 0 Å². The third-order valence-electron chi connectivity index (χ3n) is 2.59. The van der Waals surface area contributed by atoms with Gasteiger partial charge in [0, 0.05) is 12.2 Å². The first-order valence-corrected chi connectivity index (χ1v) is 6.18. The Hall–Kier alpha value is -1.84. The number of anilines is 1. The van der Waals surface area contributed by atoms with Crippen molar-refractivity contribution in [1.29, 1.82) is 0 Å². The van der Waals surface area contributed by atoms with Crippen molar-refractivity contribution in [2.24, 2.45) is 5.41 Å². The second-order valence-corrected chi connectivity index (χ2v) is 5.70. The van der Waals surface area contributed by atoms with Crippen molar-refractivity contribution < 1.29 is 0 Å². The molecule has 0 aliphatic rings. The minimum atomic E-state index is 0.291. The lowest BCUT2D eigenvalue weighted by molar-refractivity contribution is 0.443. The van der Waals surface area contributed by atoms with Crippen LogP contribution in [0.1, 0.15) is 26.3 Å². The Labute approximate surface area is 108 Å². The Morgan fingerprint density at radius 3 is 2.44 bits per heavy atom. The average molecular weight is 244 g/mol. The molecule has 0 saturated heterocycles. The van der Waals surface area contributed by atoms with Gasteiger partial charge >= 0.3 is 0 Å². The fraction of sp³-hybridized carbons (Fsp3) is 0.429. The lowest BCUT2D eigenvalue weighted by Gasteiger charge is -2.19. The zero-order valence-electron chi connectivity index (χ0n) is 11.2. The highest BCUT2D eigenvalue weighted by molar-refractivity contribution is 5.44. The number of benzene rings is 1. The summed E-state index contributed by atoms with van der Waals surface area (Å²) in [5.74, 6) is 0. The number of nitrogens with one attached hydrogen (secondary N) is 1. The summed E-state index contributed by atoms with van der Waals surface area (Å²) < 4.78 is 1.82. The molecule has 0 spiro atoms. The standard InChI is InChI=1S/C14H20N4/c1-14(2,3)9-16-13-6-4-12(5-7-13)8-18-11-15-10-17-18/h4-7,10-11,16H,8-9H2,1-3H3. The summed E-state index contributed by atoms with van der Waals surface area (Å²) in [5.41, 5.74) is 2.67. The third kappa shape index (κ3) is 3.87. The van der Waals surface area contributed by atoms with E-state index in [1.807, 2.05) is 4.68 Å². The maximum Gasteiger partial charge on any atom is 0.137 e. The molecule has 1 aromatic carbocycles. The molecule has 1 N–H and O–H groups in total. The van der Waals surface area contributed by atoms with Crippen LogP contribution >= 0.6 is 0 Å². The molecule has 0 bridgehead atoms. The van der Waals surface area contributed by atoms with E-state index < -0.39 is 0 Å². The van der Waals surface area contributed by atoms with E-state index in [9.17, 15) is 0 Å². The van der Waals surface area contributed by atoms with Crippen LogP contribution in [0.4, 0.5) is 5.69 Å². The van der Waals surface area contributed by atoms with Crippen LogP contribution in [0.3, 0.4) is 0 Å². The summed E-state index contributed by atoms with van der Waals surface area (Å²) in [6, 6.07) is 8.45. The molecule has 96 valence electrons. The molecular formula is C14H20N4. The van der Waals surface area contributed by atoms with Crippen molar-refractivity contribution in [3.8, 4) is 0 Å². The molecule has 18 heavy (non-hydrogen) atoms. The molecule has 0 aliphatic carbocycles. The van der Waals surface area contributed by atoms with E-state index in [1.165, 1.54) is 5.56 Å². The molecule has 2 rings (SSSR count). The Balaban J connectivity index is 1.93. The van der Waals surface area contributed by atoms with Gasteiger partial charge in [-0.3, -0.25) is 0 Å². The van der Waals surface area contributed by atoms with Crippen LogP contribution in [0, 0.1) is 5.41 Å². The fourth-order valence-electron chi connectivity index (χ4n) is 1.60. The van der Waals surface area contributed by atoms with Crippen molar-refractivity contribution in [3.63, 3.8) is 0 Å². The van der Waals surface area contributed by atoms with Crippen LogP contribution in [0.5, 0.6) is 0 Å². The van der Waals surface area contributed by atoms with Crippen LogP contribution in [-0.4, -0.2) is 21.3 Å². The van der Waals surface area contributed by atoms with Crippen molar-refractivity contribution >= 4 is 5.69 Å². The molecule has 0 radical (unpaired) electrons. The summed E-state index contributed by atoms with van der Waals surface area (Å²) in [5, 5.41) is 7.53. The molecule has 2 aromatic rings. The predicted octanol–water partition coefficient (Wildman–Crippen LogP) is 2.78. The molecule has 1 aromatic heterocycles. The largest absolute Gasteiger partial charge is 0.385 e. The molecule has 4 nitrogen and oxygen atoms in total. The molecule has 0 amide bonds. The number of hydrogen-bond acceptors (Lipinski definition) is 3. The van der Waals surface area contributed by atoms with Gasteiger partial charge < -0.3 is 5.32 Å². The zero-order chi connectivity index (χ0) is 13.0. The van der Waals surface area contributed by atoms with Crippen LogP contribution in [-0.2, 0) is 6.54 Å². The SMILES string of the molecule is CC(C)(C)CNc1ccc(Cn2cncn2)cc1. The van der Waals surface area contributed by atoms with Crippen molar-refractivity contribution in [1.82, 2.24) is 14.8 Å². The van der Waals surface area contributed by atoms with Crippen LogP contribution < -0.4 is 5.32 Å². The normalized spacial score (nSPS) is 11.5. The van der Waals surface area contributed by atoms with E-state index in [4.69, 9.17) is 0 Å². The van der Waals surface area contributed by atoms with E-state index in [0.717, 1.165) is 18.8 Å². The molecule has 0 aliphatic heterocycles. The molecule has 0 unspecified atom stereocenters. The van der Waals surface area contributed by atoms with Crippen molar-refractivity contribution in [2.45, 2.75) is 27.3 Å². The molecule has 1 heterocycles. The van der Waals surface area contributed by atoms with Gasteiger partial charge in [-0.2, -0.15) is 5.10 Å². The smallest absolute Gasteiger partial charge is 0.137 e. The summed E-state index contributed by atoms with van der Waals surface area (Å²) in [4.78, 5) is 3.93. The molecule has 0 atom stereocenters. The highest BCUT2D eigenvalue weighted by Gasteiger charge is 2.09. The van der Waals surface area contributed by atoms with Gasteiger partial charge in [0.05, 0.1) is 6.54 Å². The van der Waals surface area contributed by atoms with E-state index in [1.54, 1.807) is 12.7 Å². The minimum Gasteiger partial charge on any atom is -0.385 e. The fourth-order valence-corrected chi connectivity index (χ4v) is 1.60. The zero-order valence-corrected chi connectivity index (χ0v) is 11.2. The third-order valence-corrected chi connectivity index (χ3v) is 2.59. The van der Waals surface area contributed by atoms with E-state index in [0.29, 0.717) is 5.41 Å². The quantitative estimate of drug-likeness (QED) is 0.899. The van der Waals surface area contributed by atoms with Gasteiger partial charge in [-0.1, -0.05) is 32.9 Å². The molecule has 0 saturated carbocycles. The predicted molar refractivity (Wildman–Crippen MR) is 73.5 cm³/mol. The maximum absolute atomic E-state index is 4.09. The van der Waals surface area contributed by atoms with Gasteiger partial charge in [0.1, 0.15) is 12.7 Å². The second-order valence-electron chi connectivity index (χ2n) is 5.70. The minimum absolute atomic E-state index is 0.291. The van der Waals surface area contributed by atoms with Crippen molar-refractivity contribution in [2.75, 3.05) is 11.9 Å². The van der Waals surface area contributed by atoms with E-state index >= 15 is 0 Å². The van der Waals surface area contributed by atoms with Gasteiger partial charge in [-0.15, -0.1) is 0 Å². The molecular weight excluding hydrogens is 224 g/mol. The summed E-state index contributed by atoms with van der Waals surface area (Å²) in [6.45, 7) is 8.40. The number of hydrogen-bond donors (Lipinski definition) is 1. The monoisotopic (exact) mass is 244 g/mol. The lowest BCUT2D eigenvalue weighted by atomic mass is 9.97. The van der Waals surface area contributed by atoms with Gasteiger partial charge in [-0.05, 0) is 23.1 Å². The lowest BCUT2D eigenvalue weighted by Crippen LogP contribution is -2.18. The first-order valence-electron chi connectivity index (χ1n) is 6.18. The van der Waals surface area contributed by atoms with Crippen LogP contribution in [0.25, 0.3) is 0 Å². The van der Waals surface area contributed by atoms with Crippen LogP contribution in [0.15, 0.2) is 36.9 Å². The van der Waals surface area contributed by atoms with Gasteiger partial charge in [0.25, 0.3) is 0 Å². The number of aromatic nitrogens is 3. The highest BCUT2D eigenvalue weighted by Crippen LogP contribution is 2.16. The Morgan fingerprint density at radius 2 is 1.89 bits per heavy atom. The Bertz CT molecular complexity index is 465. The van der Waals surface area contributed by atoms with Crippen LogP contribution in [0.2, 0.25) is 0 Å². The van der Waals surface area contributed by atoms with Gasteiger partial charge in [0.15, 0.2) is 0 Å². The highest BCUT2D eigenvalue weighted by atomic mass is 15.3. The molecule has 4 heteroatoms. The second kappa shape index (κ2) is 5.21. The Morgan fingerprint density at radius 1 is 1.17 bits per heavy atom. The van der Waals surface area contributed by atoms with Gasteiger partial charge in [0.2, 0.25) is 0 Å². The number of nitrogens with zero attached hydrogens (tertiary/aromatic N) is 3. The molecule has 0 fully saturated rings. The van der Waals surface area contributed by atoms with E-state index in [2.05, 4.69) is 60.4 Å². The van der Waals surface area contributed by atoms with Crippen molar-refractivity contribution in [3.05, 3.63) is 42.5 Å². The average Bonchev–Trinajstić information content (AvgIpc) is 2.80. The van der Waals surface area contributed by atoms with Gasteiger partial charge in [-0.25, -0.2) is 9.67 Å².